The summed E-state index contributed by atoms with van der Waals surface area (Å²) in [6.45, 7) is 1.80. The van der Waals surface area contributed by atoms with Crippen LogP contribution >= 0.6 is 11.6 Å². The lowest BCUT2D eigenvalue weighted by molar-refractivity contribution is 0.0699. The van der Waals surface area contributed by atoms with E-state index in [-0.39, 0.29) is 5.56 Å². The van der Waals surface area contributed by atoms with Crippen molar-refractivity contribution >= 4 is 28.5 Å². The predicted molar refractivity (Wildman–Crippen MR) is 79.5 cm³/mol. The van der Waals surface area contributed by atoms with Crippen LogP contribution in [0.1, 0.15) is 16.1 Å². The maximum Gasteiger partial charge on any atom is 0.336 e. The van der Waals surface area contributed by atoms with Crippen LogP contribution in [0.4, 0.5) is 0 Å². The van der Waals surface area contributed by atoms with Crippen molar-refractivity contribution in [1.29, 1.82) is 0 Å². The van der Waals surface area contributed by atoms with E-state index in [9.17, 15) is 9.90 Å². The van der Waals surface area contributed by atoms with Crippen molar-refractivity contribution < 1.29 is 9.90 Å². The highest BCUT2D eigenvalue weighted by atomic mass is 35.5. The van der Waals surface area contributed by atoms with E-state index in [1.165, 1.54) is 6.07 Å². The highest BCUT2D eigenvalue weighted by molar-refractivity contribution is 6.31. The molecule has 2 heterocycles. The Kier molecular flexibility index (Phi) is 3.27. The summed E-state index contributed by atoms with van der Waals surface area (Å²) in [6, 6.07) is 6.47. The van der Waals surface area contributed by atoms with Crippen LogP contribution in [0.15, 0.2) is 36.7 Å². The van der Waals surface area contributed by atoms with Crippen LogP contribution in [-0.4, -0.2) is 26.0 Å². The van der Waals surface area contributed by atoms with E-state index in [0.29, 0.717) is 33.0 Å². The fourth-order valence-corrected chi connectivity index (χ4v) is 2.33. The van der Waals surface area contributed by atoms with Gasteiger partial charge in [0.05, 0.1) is 22.5 Å². The summed E-state index contributed by atoms with van der Waals surface area (Å²) in [7, 11) is 0. The van der Waals surface area contributed by atoms with E-state index in [4.69, 9.17) is 11.6 Å². The normalized spacial score (nSPS) is 10.8. The average Bonchev–Trinajstić information content (AvgIpc) is 2.46. The highest BCUT2D eigenvalue weighted by Gasteiger charge is 2.15. The van der Waals surface area contributed by atoms with E-state index >= 15 is 0 Å². The standard InChI is InChI=1S/C15H10ClN3O2/c1-8-14(18-5-4-17-8)13-7-11(15(20)21)10-6-9(16)2-3-12(10)19-13/h2-7H,1H3,(H,20,21). The van der Waals surface area contributed by atoms with Crippen LogP contribution in [0.2, 0.25) is 5.02 Å². The molecule has 1 N–H and O–H groups in total. The lowest BCUT2D eigenvalue weighted by Gasteiger charge is -2.08. The first kappa shape index (κ1) is 13.5. The Bertz CT molecular complexity index is 865. The number of pyridine rings is 1. The molecule has 0 bridgehead atoms. The van der Waals surface area contributed by atoms with Gasteiger partial charge in [0.1, 0.15) is 5.69 Å². The Hall–Kier alpha value is -2.53. The molecule has 1 aromatic carbocycles. The van der Waals surface area contributed by atoms with Gasteiger partial charge < -0.3 is 5.11 Å². The zero-order chi connectivity index (χ0) is 15.0. The van der Waals surface area contributed by atoms with E-state index in [1.807, 2.05) is 0 Å². The summed E-state index contributed by atoms with van der Waals surface area (Å²) < 4.78 is 0. The number of halogens is 1. The molecule has 104 valence electrons. The monoisotopic (exact) mass is 299 g/mol. The second-order valence-electron chi connectivity index (χ2n) is 4.51. The third kappa shape index (κ3) is 2.43. The van der Waals surface area contributed by atoms with Gasteiger partial charge in [-0.1, -0.05) is 11.6 Å². The molecule has 0 fully saturated rings. The van der Waals surface area contributed by atoms with Gasteiger partial charge in [-0.3, -0.25) is 9.97 Å². The number of aryl methyl sites for hydroxylation is 1. The second-order valence-corrected chi connectivity index (χ2v) is 4.95. The number of carbonyl (C=O) groups is 1. The number of nitrogens with zero attached hydrogens (tertiary/aromatic N) is 3. The molecule has 0 saturated carbocycles. The van der Waals surface area contributed by atoms with E-state index < -0.39 is 5.97 Å². The molecule has 0 aliphatic rings. The molecule has 0 spiro atoms. The molecule has 0 amide bonds. The van der Waals surface area contributed by atoms with Crippen molar-refractivity contribution in [1.82, 2.24) is 15.0 Å². The molecule has 0 radical (unpaired) electrons. The Labute approximate surface area is 125 Å². The number of rotatable bonds is 2. The van der Waals surface area contributed by atoms with Gasteiger partial charge in [0, 0.05) is 22.8 Å². The topological polar surface area (TPSA) is 76.0 Å². The van der Waals surface area contributed by atoms with Crippen molar-refractivity contribution in [2.75, 3.05) is 0 Å². The molecule has 6 heteroatoms. The minimum Gasteiger partial charge on any atom is -0.478 e. The fraction of sp³-hybridized carbons (Fsp3) is 0.0667. The van der Waals surface area contributed by atoms with Crippen LogP contribution in [0.5, 0.6) is 0 Å². The Morgan fingerprint density at radius 2 is 1.95 bits per heavy atom. The minimum atomic E-state index is -1.03. The van der Waals surface area contributed by atoms with Gasteiger partial charge in [-0.25, -0.2) is 9.78 Å². The third-order valence-corrected chi connectivity index (χ3v) is 3.36. The summed E-state index contributed by atoms with van der Waals surface area (Å²) in [5, 5.41) is 10.4. The smallest absolute Gasteiger partial charge is 0.336 e. The van der Waals surface area contributed by atoms with Crippen LogP contribution in [0, 0.1) is 6.92 Å². The molecular formula is C15H10ClN3O2. The first-order valence-electron chi connectivity index (χ1n) is 6.18. The first-order valence-corrected chi connectivity index (χ1v) is 6.55. The third-order valence-electron chi connectivity index (χ3n) is 3.12. The SMILES string of the molecule is Cc1nccnc1-c1cc(C(=O)O)c2cc(Cl)ccc2n1. The van der Waals surface area contributed by atoms with Crippen LogP contribution < -0.4 is 0 Å². The zero-order valence-corrected chi connectivity index (χ0v) is 11.8. The van der Waals surface area contributed by atoms with Gasteiger partial charge in [0.15, 0.2) is 0 Å². The number of aromatic nitrogens is 3. The summed E-state index contributed by atoms with van der Waals surface area (Å²) in [5.74, 6) is -1.03. The highest BCUT2D eigenvalue weighted by Crippen LogP contribution is 2.27. The number of fused-ring (bicyclic) bond motifs is 1. The molecule has 5 nitrogen and oxygen atoms in total. The minimum absolute atomic E-state index is 0.141. The second kappa shape index (κ2) is 5.10. The molecule has 2 aromatic heterocycles. The van der Waals surface area contributed by atoms with Crippen molar-refractivity contribution in [3.8, 4) is 11.4 Å². The van der Waals surface area contributed by atoms with Crippen molar-refractivity contribution in [2.45, 2.75) is 6.92 Å². The van der Waals surface area contributed by atoms with Crippen LogP contribution in [0.3, 0.4) is 0 Å². The molecule has 0 atom stereocenters. The first-order chi connectivity index (χ1) is 10.1. The number of carboxylic acid groups (broad SMARTS) is 1. The summed E-state index contributed by atoms with van der Waals surface area (Å²) in [5.41, 5.74) is 2.43. The Balaban J connectivity index is 2.34. The lowest BCUT2D eigenvalue weighted by atomic mass is 10.1. The molecule has 0 unspecified atom stereocenters. The van der Waals surface area contributed by atoms with Gasteiger partial charge in [0.25, 0.3) is 0 Å². The largest absolute Gasteiger partial charge is 0.478 e. The maximum absolute atomic E-state index is 11.5. The van der Waals surface area contributed by atoms with E-state index in [0.717, 1.165) is 0 Å². The molecule has 0 saturated heterocycles. The molecular weight excluding hydrogens is 290 g/mol. The molecule has 3 rings (SSSR count). The molecule has 0 aliphatic heterocycles. The quantitative estimate of drug-likeness (QED) is 0.785. The maximum atomic E-state index is 11.5. The van der Waals surface area contributed by atoms with Crippen molar-refractivity contribution in [3.05, 3.63) is 52.9 Å². The van der Waals surface area contributed by atoms with Gasteiger partial charge in [-0.15, -0.1) is 0 Å². The van der Waals surface area contributed by atoms with Gasteiger partial charge in [0.2, 0.25) is 0 Å². The molecule has 0 aliphatic carbocycles. The average molecular weight is 300 g/mol. The number of aromatic carboxylic acids is 1. The Morgan fingerprint density at radius 1 is 1.19 bits per heavy atom. The van der Waals surface area contributed by atoms with Crippen LogP contribution in [-0.2, 0) is 0 Å². The Morgan fingerprint density at radius 3 is 2.67 bits per heavy atom. The van der Waals surface area contributed by atoms with Crippen LogP contribution in [0.25, 0.3) is 22.3 Å². The summed E-state index contributed by atoms with van der Waals surface area (Å²) in [6.07, 6.45) is 3.13. The number of carboxylic acids is 1. The van der Waals surface area contributed by atoms with E-state index in [2.05, 4.69) is 15.0 Å². The molecule has 21 heavy (non-hydrogen) atoms. The van der Waals surface area contributed by atoms with Gasteiger partial charge >= 0.3 is 5.97 Å². The summed E-state index contributed by atoms with van der Waals surface area (Å²) in [4.78, 5) is 24.3. The van der Waals surface area contributed by atoms with Crippen molar-refractivity contribution in [3.63, 3.8) is 0 Å². The lowest BCUT2D eigenvalue weighted by Crippen LogP contribution is -2.02. The van der Waals surface area contributed by atoms with Gasteiger partial charge in [-0.05, 0) is 31.2 Å². The van der Waals surface area contributed by atoms with Crippen molar-refractivity contribution in [2.24, 2.45) is 0 Å². The van der Waals surface area contributed by atoms with E-state index in [1.54, 1.807) is 37.5 Å². The summed E-state index contributed by atoms with van der Waals surface area (Å²) >= 11 is 5.93. The van der Waals surface area contributed by atoms with Gasteiger partial charge in [-0.2, -0.15) is 0 Å². The zero-order valence-electron chi connectivity index (χ0n) is 11.0. The number of benzene rings is 1. The number of hydrogen-bond acceptors (Lipinski definition) is 4. The molecule has 3 aromatic rings. The predicted octanol–water partition coefficient (Wildman–Crippen LogP) is 3.35. The number of hydrogen-bond donors (Lipinski definition) is 1. The fourth-order valence-electron chi connectivity index (χ4n) is 2.16.